The Labute approximate surface area is 143 Å². The Morgan fingerprint density at radius 2 is 2.08 bits per heavy atom. The Balaban J connectivity index is 2.14. The molecule has 1 fully saturated rings. The molecular formula is C15H13F3N2O4S. The molecule has 2 amide bonds. The van der Waals surface area contributed by atoms with Gasteiger partial charge in [-0.05, 0) is 30.5 Å². The molecule has 3 heterocycles. The van der Waals surface area contributed by atoms with E-state index in [1.165, 1.54) is 35.0 Å². The number of amides is 2. The van der Waals surface area contributed by atoms with E-state index in [-0.39, 0.29) is 10.6 Å². The first-order valence-corrected chi connectivity index (χ1v) is 8.03. The molecule has 134 valence electrons. The Morgan fingerprint density at radius 1 is 1.36 bits per heavy atom. The van der Waals surface area contributed by atoms with Gasteiger partial charge in [0, 0.05) is 0 Å². The minimum absolute atomic E-state index is 0.0268. The molecular weight excluding hydrogens is 361 g/mol. The maximum atomic E-state index is 13.6. The van der Waals surface area contributed by atoms with Crippen LogP contribution in [0.3, 0.4) is 0 Å². The number of hydrogen-bond donors (Lipinski definition) is 3. The maximum absolute atomic E-state index is 13.6. The average molecular weight is 374 g/mol. The molecule has 0 bridgehead atoms. The molecule has 1 saturated heterocycles. The number of hydrogen-bond acceptors (Lipinski definition) is 5. The number of aliphatic hydroxyl groups is 1. The van der Waals surface area contributed by atoms with Crippen LogP contribution < -0.4 is 10.6 Å². The predicted molar refractivity (Wildman–Crippen MR) is 81.0 cm³/mol. The van der Waals surface area contributed by atoms with Crippen molar-refractivity contribution in [2.45, 2.75) is 24.9 Å². The second kappa shape index (κ2) is 5.88. The normalized spacial score (nSPS) is 26.8. The summed E-state index contributed by atoms with van der Waals surface area (Å²) in [4.78, 5) is 24.5. The fourth-order valence-electron chi connectivity index (χ4n) is 2.77. The van der Waals surface area contributed by atoms with Crippen LogP contribution in [-0.4, -0.2) is 28.8 Å². The molecule has 1 aliphatic rings. The van der Waals surface area contributed by atoms with Crippen molar-refractivity contribution in [2.24, 2.45) is 5.92 Å². The van der Waals surface area contributed by atoms with Crippen molar-refractivity contribution in [1.82, 2.24) is 10.6 Å². The molecule has 3 N–H and O–H groups in total. The highest BCUT2D eigenvalue weighted by Crippen LogP contribution is 2.44. The van der Waals surface area contributed by atoms with Gasteiger partial charge in [0.05, 0.1) is 4.88 Å². The van der Waals surface area contributed by atoms with Crippen LogP contribution in [0.4, 0.5) is 18.0 Å². The summed E-state index contributed by atoms with van der Waals surface area (Å²) in [6, 6.07) is 2.97. The lowest BCUT2D eigenvalue weighted by Crippen LogP contribution is -2.72. The number of ketones is 1. The number of furan rings is 1. The van der Waals surface area contributed by atoms with Gasteiger partial charge in [-0.25, -0.2) is 4.79 Å². The molecule has 0 radical (unpaired) electrons. The van der Waals surface area contributed by atoms with Crippen LogP contribution in [0.1, 0.15) is 27.2 Å². The van der Waals surface area contributed by atoms with Crippen molar-refractivity contribution in [3.8, 4) is 0 Å². The molecule has 2 aromatic heterocycles. The average Bonchev–Trinajstić information content (AvgIpc) is 3.16. The lowest BCUT2D eigenvalue weighted by Gasteiger charge is -2.44. The molecule has 0 spiro atoms. The fourth-order valence-corrected chi connectivity index (χ4v) is 3.47. The van der Waals surface area contributed by atoms with Gasteiger partial charge >= 0.3 is 12.2 Å². The van der Waals surface area contributed by atoms with Gasteiger partial charge in [0.15, 0.2) is 5.78 Å². The summed E-state index contributed by atoms with van der Waals surface area (Å²) in [5.74, 6) is -2.68. The molecule has 0 aliphatic carbocycles. The summed E-state index contributed by atoms with van der Waals surface area (Å²) in [6.45, 7) is 1.57. The van der Waals surface area contributed by atoms with Crippen molar-refractivity contribution in [1.29, 1.82) is 0 Å². The van der Waals surface area contributed by atoms with E-state index in [9.17, 15) is 27.9 Å². The molecule has 0 unspecified atom stereocenters. The van der Waals surface area contributed by atoms with Gasteiger partial charge in [0.25, 0.3) is 0 Å². The largest absolute Gasteiger partial charge is 0.464 e. The van der Waals surface area contributed by atoms with Crippen molar-refractivity contribution in [3.05, 3.63) is 46.0 Å². The van der Waals surface area contributed by atoms with Gasteiger partial charge in [-0.15, -0.1) is 11.3 Å². The van der Waals surface area contributed by atoms with Gasteiger partial charge in [-0.3, -0.25) is 4.79 Å². The second-order valence-electron chi connectivity index (χ2n) is 5.61. The molecule has 0 saturated carbocycles. The van der Waals surface area contributed by atoms with Crippen LogP contribution in [0.15, 0.2) is 34.1 Å². The van der Waals surface area contributed by atoms with Crippen LogP contribution in [0.25, 0.3) is 0 Å². The molecule has 3 atom stereocenters. The summed E-state index contributed by atoms with van der Waals surface area (Å²) in [7, 11) is 0. The number of thiophene rings is 1. The second-order valence-corrected chi connectivity index (χ2v) is 6.56. The Hall–Kier alpha value is -2.33. The van der Waals surface area contributed by atoms with E-state index in [0.717, 1.165) is 11.3 Å². The zero-order chi connectivity index (χ0) is 18.4. The smallest absolute Gasteiger partial charge is 0.437 e. The monoisotopic (exact) mass is 374 g/mol. The quantitative estimate of drug-likeness (QED) is 0.721. The van der Waals surface area contributed by atoms with Crippen molar-refractivity contribution >= 4 is 23.2 Å². The Bertz CT molecular complexity index is 802. The topological polar surface area (TPSA) is 91.6 Å². The van der Waals surface area contributed by atoms with Crippen LogP contribution in [0.5, 0.6) is 0 Å². The summed E-state index contributed by atoms with van der Waals surface area (Å²) in [6.07, 6.45) is -5.28. The molecule has 25 heavy (non-hydrogen) atoms. The van der Waals surface area contributed by atoms with Crippen LogP contribution in [0.2, 0.25) is 0 Å². The van der Waals surface area contributed by atoms with Crippen LogP contribution in [-0.2, 0) is 0 Å². The molecule has 6 nitrogen and oxygen atoms in total. The van der Waals surface area contributed by atoms with Gasteiger partial charge in [-0.1, -0.05) is 6.07 Å². The lowest BCUT2D eigenvalue weighted by molar-refractivity contribution is -0.287. The molecule has 0 aromatic carbocycles. The first kappa shape index (κ1) is 17.5. The highest BCUT2D eigenvalue weighted by atomic mass is 32.1. The van der Waals surface area contributed by atoms with Crippen molar-refractivity contribution in [2.75, 3.05) is 0 Å². The van der Waals surface area contributed by atoms with Crippen LogP contribution >= 0.6 is 11.3 Å². The van der Waals surface area contributed by atoms with E-state index in [1.54, 1.807) is 6.92 Å². The first-order valence-electron chi connectivity index (χ1n) is 7.15. The number of urea groups is 1. The number of carbonyl (C=O) groups excluding carboxylic acids is 2. The van der Waals surface area contributed by atoms with E-state index < -0.39 is 35.7 Å². The van der Waals surface area contributed by atoms with Gasteiger partial charge < -0.3 is 20.2 Å². The number of nitrogens with one attached hydrogen (secondary N) is 2. The van der Waals surface area contributed by atoms with Crippen molar-refractivity contribution in [3.63, 3.8) is 0 Å². The van der Waals surface area contributed by atoms with Crippen LogP contribution in [0, 0.1) is 12.8 Å². The van der Waals surface area contributed by atoms with E-state index in [4.69, 9.17) is 4.42 Å². The third kappa shape index (κ3) is 2.91. The molecule has 10 heteroatoms. The predicted octanol–water partition coefficient (Wildman–Crippen LogP) is 2.75. The number of halogens is 3. The standard InChI is InChI=1S/C15H13F3N2O4S/c1-7-4-5-8(24-7)11-10(12(21)9-3-2-6-25-9)14(23,15(16,17)18)20-13(22)19-11/h2-6,10-11,23H,1H3,(H2,19,20,22)/t10-,11-,14-/m0/s1. The zero-order valence-electron chi connectivity index (χ0n) is 12.8. The summed E-state index contributed by atoms with van der Waals surface area (Å²) >= 11 is 0.940. The minimum atomic E-state index is -5.28. The van der Waals surface area contributed by atoms with Crippen molar-refractivity contribution < 1.29 is 32.3 Å². The van der Waals surface area contributed by atoms with E-state index in [0.29, 0.717) is 5.76 Å². The summed E-state index contributed by atoms with van der Waals surface area (Å²) < 4.78 is 46.0. The Morgan fingerprint density at radius 3 is 2.60 bits per heavy atom. The van der Waals surface area contributed by atoms with Gasteiger partial charge in [-0.2, -0.15) is 13.2 Å². The van der Waals surface area contributed by atoms with Gasteiger partial charge in [0.1, 0.15) is 23.5 Å². The Kier molecular flexibility index (Phi) is 4.12. The SMILES string of the molecule is Cc1ccc([C@@H]2NC(=O)N[C@@](O)(C(F)(F)F)[C@@H]2C(=O)c2cccs2)o1. The van der Waals surface area contributed by atoms with Gasteiger partial charge in [0.2, 0.25) is 5.72 Å². The maximum Gasteiger partial charge on any atom is 0.437 e. The highest BCUT2D eigenvalue weighted by molar-refractivity contribution is 7.12. The number of carbonyl (C=O) groups is 2. The van der Waals surface area contributed by atoms with E-state index in [1.807, 2.05) is 0 Å². The zero-order valence-corrected chi connectivity index (χ0v) is 13.6. The first-order chi connectivity index (χ1) is 11.6. The summed E-state index contributed by atoms with van der Waals surface area (Å²) in [5, 5.41) is 15.5. The minimum Gasteiger partial charge on any atom is -0.464 e. The lowest BCUT2D eigenvalue weighted by atomic mass is 9.80. The van der Waals surface area contributed by atoms with E-state index >= 15 is 0 Å². The highest BCUT2D eigenvalue weighted by Gasteiger charge is 2.67. The number of Topliss-reactive ketones (excluding diaryl/α,β-unsaturated/α-hetero) is 1. The van der Waals surface area contributed by atoms with E-state index in [2.05, 4.69) is 5.32 Å². The third-order valence-corrected chi connectivity index (χ3v) is 4.80. The number of alkyl halides is 3. The summed E-state index contributed by atoms with van der Waals surface area (Å²) in [5.41, 5.74) is -3.73. The number of aryl methyl sites for hydroxylation is 1. The third-order valence-electron chi connectivity index (χ3n) is 3.92. The number of rotatable bonds is 3. The fraction of sp³-hybridized carbons (Fsp3) is 0.333. The molecule has 3 rings (SSSR count). The molecule has 2 aromatic rings. The molecule has 1 aliphatic heterocycles.